The molecule has 2 heterocycles. The number of carbonyl (C=O) groups excluding carboxylic acids is 1. The Bertz CT molecular complexity index is 616. The molecule has 0 aliphatic heterocycles. The highest BCUT2D eigenvalue weighted by atomic mass is 16.5. The summed E-state index contributed by atoms with van der Waals surface area (Å²) in [5, 5.41) is 6.69. The number of hydrogen-bond donors (Lipinski definition) is 2. The first-order valence-corrected chi connectivity index (χ1v) is 7.73. The minimum Gasteiger partial charge on any atom is -0.460 e. The lowest BCUT2D eigenvalue weighted by atomic mass is 10.1. The van der Waals surface area contributed by atoms with Crippen LogP contribution in [0.25, 0.3) is 11.5 Å². The molecule has 0 saturated carbocycles. The van der Waals surface area contributed by atoms with Crippen LogP contribution in [0, 0.1) is 6.92 Å². The fourth-order valence-corrected chi connectivity index (χ4v) is 2.27. The van der Waals surface area contributed by atoms with Crippen molar-refractivity contribution in [2.75, 3.05) is 12.3 Å². The quantitative estimate of drug-likeness (QED) is 0.728. The molecule has 0 aromatic carbocycles. The highest BCUT2D eigenvalue weighted by Crippen LogP contribution is 2.28. The predicted molar refractivity (Wildman–Crippen MR) is 84.4 cm³/mol. The van der Waals surface area contributed by atoms with Crippen molar-refractivity contribution in [2.24, 2.45) is 0 Å². The van der Waals surface area contributed by atoms with Gasteiger partial charge in [0.25, 0.3) is 5.91 Å². The Kier molecular flexibility index (Phi) is 5.63. The highest BCUT2D eigenvalue weighted by Gasteiger charge is 2.24. The van der Waals surface area contributed by atoms with Gasteiger partial charge in [-0.25, -0.2) is 0 Å². The highest BCUT2D eigenvalue weighted by molar-refractivity contribution is 6.03. The zero-order valence-electron chi connectivity index (χ0n) is 13.1. The van der Waals surface area contributed by atoms with Crippen LogP contribution in [-0.2, 0) is 0 Å². The molecule has 2 aromatic rings. The first-order valence-electron chi connectivity index (χ1n) is 7.73. The van der Waals surface area contributed by atoms with Crippen LogP contribution in [-0.4, -0.2) is 17.6 Å². The number of nitrogen functional groups attached to an aromatic ring is 1. The molecule has 0 unspecified atom stereocenters. The molecule has 0 saturated heterocycles. The number of rotatable bonds is 8. The Hall–Kier alpha value is -2.24. The lowest BCUT2D eigenvalue weighted by molar-refractivity contribution is 0.0954. The van der Waals surface area contributed by atoms with Gasteiger partial charge in [0.05, 0.1) is 0 Å². The summed E-state index contributed by atoms with van der Waals surface area (Å²) < 4.78 is 10.4. The van der Waals surface area contributed by atoms with Crippen LogP contribution in [0.5, 0.6) is 0 Å². The molecule has 0 aliphatic rings. The summed E-state index contributed by atoms with van der Waals surface area (Å²) in [5.41, 5.74) is 6.31. The van der Waals surface area contributed by atoms with Crippen molar-refractivity contribution in [3.05, 3.63) is 23.5 Å². The minimum absolute atomic E-state index is 0.00698. The number of furan rings is 1. The normalized spacial score (nSPS) is 10.8. The third-order valence-corrected chi connectivity index (χ3v) is 3.49. The maximum Gasteiger partial charge on any atom is 0.259 e. The van der Waals surface area contributed by atoms with Crippen molar-refractivity contribution in [3.63, 3.8) is 0 Å². The molecule has 0 spiro atoms. The molecular weight excluding hydrogens is 282 g/mol. The Labute approximate surface area is 130 Å². The van der Waals surface area contributed by atoms with E-state index < -0.39 is 0 Å². The van der Waals surface area contributed by atoms with Crippen molar-refractivity contribution >= 4 is 11.8 Å². The molecule has 0 fully saturated rings. The Morgan fingerprint density at radius 1 is 1.27 bits per heavy atom. The van der Waals surface area contributed by atoms with Crippen LogP contribution in [0.3, 0.4) is 0 Å². The topological polar surface area (TPSA) is 94.3 Å². The van der Waals surface area contributed by atoms with Gasteiger partial charge in [-0.15, -0.1) is 0 Å². The van der Waals surface area contributed by atoms with E-state index in [0.29, 0.717) is 18.0 Å². The number of carbonyl (C=O) groups is 1. The molecule has 6 nitrogen and oxygen atoms in total. The molecule has 3 N–H and O–H groups in total. The standard InChI is InChI=1S/C16H23N3O3/c1-3-4-5-6-7-10-18-16(20)13-14(19-22-15(13)17)12-9-8-11(2)21-12/h8-9H,3-7,10,17H2,1-2H3,(H,18,20). The smallest absolute Gasteiger partial charge is 0.259 e. The van der Waals surface area contributed by atoms with Crippen LogP contribution in [0.2, 0.25) is 0 Å². The fourth-order valence-electron chi connectivity index (χ4n) is 2.27. The Balaban J connectivity index is 1.96. The van der Waals surface area contributed by atoms with Crippen LogP contribution < -0.4 is 11.1 Å². The molecule has 1 amide bonds. The zero-order valence-corrected chi connectivity index (χ0v) is 13.1. The fraction of sp³-hybridized carbons (Fsp3) is 0.500. The van der Waals surface area contributed by atoms with Crippen molar-refractivity contribution in [1.82, 2.24) is 10.5 Å². The molecule has 0 atom stereocenters. The molecule has 0 bridgehead atoms. The van der Waals surface area contributed by atoms with Gasteiger partial charge >= 0.3 is 0 Å². The lowest BCUT2D eigenvalue weighted by Gasteiger charge is -2.04. The SMILES string of the molecule is CCCCCCCNC(=O)c1c(-c2ccc(C)o2)noc1N. The van der Waals surface area contributed by atoms with E-state index in [2.05, 4.69) is 17.4 Å². The summed E-state index contributed by atoms with van der Waals surface area (Å²) in [5.74, 6) is 0.940. The van der Waals surface area contributed by atoms with Gasteiger partial charge in [-0.2, -0.15) is 0 Å². The van der Waals surface area contributed by atoms with Gasteiger partial charge in [0.2, 0.25) is 5.88 Å². The average Bonchev–Trinajstić information content (AvgIpc) is 3.08. The number of nitrogens with one attached hydrogen (secondary N) is 1. The predicted octanol–water partition coefficient (Wildman–Crippen LogP) is 3.53. The molecule has 2 rings (SSSR count). The second-order valence-electron chi connectivity index (χ2n) is 5.35. The third-order valence-electron chi connectivity index (χ3n) is 3.49. The maximum atomic E-state index is 12.3. The third kappa shape index (κ3) is 3.90. The molecule has 0 aliphatic carbocycles. The van der Waals surface area contributed by atoms with Crippen molar-refractivity contribution in [3.8, 4) is 11.5 Å². The first-order chi connectivity index (χ1) is 10.6. The monoisotopic (exact) mass is 305 g/mol. The van der Waals surface area contributed by atoms with E-state index in [1.807, 2.05) is 6.92 Å². The summed E-state index contributed by atoms with van der Waals surface area (Å²) in [4.78, 5) is 12.3. The van der Waals surface area contributed by atoms with E-state index in [1.54, 1.807) is 12.1 Å². The second-order valence-corrected chi connectivity index (χ2v) is 5.35. The summed E-state index contributed by atoms with van der Waals surface area (Å²) in [6.07, 6.45) is 5.69. The van der Waals surface area contributed by atoms with Gasteiger partial charge in [0.1, 0.15) is 11.3 Å². The summed E-state index contributed by atoms with van der Waals surface area (Å²) in [6.45, 7) is 4.61. The first kappa shape index (κ1) is 16.1. The van der Waals surface area contributed by atoms with E-state index in [-0.39, 0.29) is 17.4 Å². The van der Waals surface area contributed by atoms with Gasteiger partial charge in [-0.3, -0.25) is 4.79 Å². The minimum atomic E-state index is -0.279. The molecule has 0 radical (unpaired) electrons. The lowest BCUT2D eigenvalue weighted by Crippen LogP contribution is -2.25. The van der Waals surface area contributed by atoms with Crippen molar-refractivity contribution in [2.45, 2.75) is 46.0 Å². The van der Waals surface area contributed by atoms with Crippen LogP contribution in [0.4, 0.5) is 5.88 Å². The number of unbranched alkanes of at least 4 members (excludes halogenated alkanes) is 4. The van der Waals surface area contributed by atoms with Gasteiger partial charge in [-0.05, 0) is 25.5 Å². The van der Waals surface area contributed by atoms with Gasteiger partial charge in [-0.1, -0.05) is 37.8 Å². The van der Waals surface area contributed by atoms with E-state index >= 15 is 0 Å². The number of anilines is 1. The van der Waals surface area contributed by atoms with Gasteiger partial charge in [0.15, 0.2) is 11.5 Å². The van der Waals surface area contributed by atoms with Gasteiger partial charge in [0, 0.05) is 6.54 Å². The second kappa shape index (κ2) is 7.68. The largest absolute Gasteiger partial charge is 0.460 e. The number of nitrogens with two attached hydrogens (primary N) is 1. The van der Waals surface area contributed by atoms with E-state index in [4.69, 9.17) is 14.7 Å². The molecule has 6 heteroatoms. The van der Waals surface area contributed by atoms with Crippen molar-refractivity contribution in [1.29, 1.82) is 0 Å². The van der Waals surface area contributed by atoms with Crippen molar-refractivity contribution < 1.29 is 13.7 Å². The molecule has 120 valence electrons. The maximum absolute atomic E-state index is 12.3. The van der Waals surface area contributed by atoms with E-state index in [1.165, 1.54) is 19.3 Å². The zero-order chi connectivity index (χ0) is 15.9. The summed E-state index contributed by atoms with van der Waals surface area (Å²) in [6, 6.07) is 3.55. The Morgan fingerprint density at radius 3 is 2.73 bits per heavy atom. The molecular formula is C16H23N3O3. The number of aryl methyl sites for hydroxylation is 1. The van der Waals surface area contributed by atoms with Crippen LogP contribution in [0.15, 0.2) is 21.1 Å². The summed E-state index contributed by atoms with van der Waals surface area (Å²) >= 11 is 0. The average molecular weight is 305 g/mol. The van der Waals surface area contributed by atoms with Crippen LogP contribution >= 0.6 is 0 Å². The number of amides is 1. The number of nitrogens with zero attached hydrogens (tertiary/aromatic N) is 1. The van der Waals surface area contributed by atoms with E-state index in [9.17, 15) is 4.79 Å². The van der Waals surface area contributed by atoms with E-state index in [0.717, 1.165) is 18.6 Å². The molecule has 2 aromatic heterocycles. The molecule has 22 heavy (non-hydrogen) atoms. The summed E-state index contributed by atoms with van der Waals surface area (Å²) in [7, 11) is 0. The number of hydrogen-bond acceptors (Lipinski definition) is 5. The number of aromatic nitrogens is 1. The van der Waals surface area contributed by atoms with Gasteiger partial charge < -0.3 is 20.0 Å². The van der Waals surface area contributed by atoms with Crippen LogP contribution in [0.1, 0.15) is 55.1 Å². The Morgan fingerprint density at radius 2 is 2.05 bits per heavy atom.